The fraction of sp³-hybridized carbons (Fsp3) is 0.500. The molecule has 1 N–H and O–H groups in total. The van der Waals surface area contributed by atoms with Gasteiger partial charge in [0.25, 0.3) is 0 Å². The van der Waals surface area contributed by atoms with E-state index in [-0.39, 0.29) is 24.5 Å². The molecule has 5 heteroatoms. The molecule has 2 aliphatic heterocycles. The average Bonchev–Trinajstić information content (AvgIpc) is 2.90. The van der Waals surface area contributed by atoms with E-state index in [0.29, 0.717) is 26.4 Å². The van der Waals surface area contributed by atoms with Gasteiger partial charge in [-0.05, 0) is 6.07 Å². The Balaban J connectivity index is 1.81. The molecule has 1 fully saturated rings. The van der Waals surface area contributed by atoms with Crippen LogP contribution >= 0.6 is 0 Å². The highest BCUT2D eigenvalue weighted by molar-refractivity contribution is 5.86. The van der Waals surface area contributed by atoms with Crippen LogP contribution < -0.4 is 4.74 Å². The standard InChI is InChI=1S/C14H17NO4/c16-7-10-8-18-6-5-15(10)14(17)12-9-19-13-4-2-1-3-11(12)13/h1-4,10,12,16H,5-9H2. The van der Waals surface area contributed by atoms with Gasteiger partial charge in [0.2, 0.25) is 5.91 Å². The minimum Gasteiger partial charge on any atom is -0.492 e. The van der Waals surface area contributed by atoms with Crippen LogP contribution in [0, 0.1) is 0 Å². The molecule has 1 amide bonds. The number of aliphatic hydroxyl groups is 1. The van der Waals surface area contributed by atoms with Crippen molar-refractivity contribution < 1.29 is 19.4 Å². The molecule has 5 nitrogen and oxygen atoms in total. The number of carbonyl (C=O) groups excluding carboxylic acids is 1. The molecule has 2 aliphatic rings. The van der Waals surface area contributed by atoms with Gasteiger partial charge in [0, 0.05) is 12.1 Å². The third kappa shape index (κ3) is 2.19. The summed E-state index contributed by atoms with van der Waals surface area (Å²) >= 11 is 0. The summed E-state index contributed by atoms with van der Waals surface area (Å²) in [6.45, 7) is 1.77. The van der Waals surface area contributed by atoms with E-state index in [0.717, 1.165) is 11.3 Å². The number of carbonyl (C=O) groups is 1. The van der Waals surface area contributed by atoms with E-state index in [1.54, 1.807) is 4.90 Å². The molecule has 0 spiro atoms. The van der Waals surface area contributed by atoms with Gasteiger partial charge in [0.05, 0.1) is 25.9 Å². The lowest BCUT2D eigenvalue weighted by Gasteiger charge is -2.35. The van der Waals surface area contributed by atoms with E-state index in [9.17, 15) is 9.90 Å². The molecule has 2 unspecified atom stereocenters. The van der Waals surface area contributed by atoms with E-state index in [4.69, 9.17) is 9.47 Å². The van der Waals surface area contributed by atoms with Crippen molar-refractivity contribution in [1.29, 1.82) is 0 Å². The first kappa shape index (κ1) is 12.4. The zero-order valence-corrected chi connectivity index (χ0v) is 10.6. The van der Waals surface area contributed by atoms with Crippen molar-refractivity contribution in [2.45, 2.75) is 12.0 Å². The molecule has 3 rings (SSSR count). The Morgan fingerprint density at radius 2 is 2.21 bits per heavy atom. The molecule has 1 saturated heterocycles. The monoisotopic (exact) mass is 263 g/mol. The maximum absolute atomic E-state index is 12.6. The van der Waals surface area contributed by atoms with Gasteiger partial charge in [0.1, 0.15) is 18.3 Å². The molecular formula is C14H17NO4. The molecule has 102 valence electrons. The minimum absolute atomic E-state index is 0.0206. The van der Waals surface area contributed by atoms with Gasteiger partial charge >= 0.3 is 0 Å². The van der Waals surface area contributed by atoms with Gasteiger partial charge in [-0.2, -0.15) is 0 Å². The molecule has 0 bridgehead atoms. The smallest absolute Gasteiger partial charge is 0.234 e. The third-order valence-corrected chi connectivity index (χ3v) is 3.72. The first-order valence-corrected chi connectivity index (χ1v) is 6.52. The number of para-hydroxylation sites is 1. The summed E-state index contributed by atoms with van der Waals surface area (Å²) in [4.78, 5) is 14.3. The summed E-state index contributed by atoms with van der Waals surface area (Å²) in [5.74, 6) is 0.547. The molecule has 1 aromatic rings. The number of hydrogen-bond acceptors (Lipinski definition) is 4. The first-order chi connectivity index (χ1) is 9.31. The van der Waals surface area contributed by atoms with Crippen molar-refractivity contribution >= 4 is 5.91 Å². The Hall–Kier alpha value is -1.59. The lowest BCUT2D eigenvalue weighted by Crippen LogP contribution is -2.52. The van der Waals surface area contributed by atoms with E-state index >= 15 is 0 Å². The number of amides is 1. The van der Waals surface area contributed by atoms with Crippen molar-refractivity contribution in [2.75, 3.05) is 33.0 Å². The SMILES string of the molecule is O=C(C1COc2ccccc21)N1CCOCC1CO. The van der Waals surface area contributed by atoms with Crippen LogP contribution in [-0.2, 0) is 9.53 Å². The van der Waals surface area contributed by atoms with Crippen LogP contribution in [0.1, 0.15) is 11.5 Å². The van der Waals surface area contributed by atoms with E-state index in [1.807, 2.05) is 24.3 Å². The number of benzene rings is 1. The minimum atomic E-state index is -0.261. The van der Waals surface area contributed by atoms with Crippen molar-refractivity contribution in [3.8, 4) is 5.75 Å². The molecule has 0 aromatic heterocycles. The van der Waals surface area contributed by atoms with Crippen LogP contribution in [0.5, 0.6) is 5.75 Å². The second-order valence-electron chi connectivity index (χ2n) is 4.84. The average molecular weight is 263 g/mol. The molecule has 2 atom stereocenters. The van der Waals surface area contributed by atoms with E-state index in [2.05, 4.69) is 0 Å². The van der Waals surface area contributed by atoms with Crippen LogP contribution in [0.25, 0.3) is 0 Å². The second kappa shape index (κ2) is 5.19. The molecule has 1 aromatic carbocycles. The topological polar surface area (TPSA) is 59.0 Å². The summed E-state index contributed by atoms with van der Waals surface area (Å²) in [6.07, 6.45) is 0. The van der Waals surface area contributed by atoms with Gasteiger partial charge in [-0.3, -0.25) is 4.79 Å². The molecule has 2 heterocycles. The molecule has 0 saturated carbocycles. The predicted octanol–water partition coefficient (Wildman–Crippen LogP) is 0.382. The van der Waals surface area contributed by atoms with Gasteiger partial charge in [-0.25, -0.2) is 0 Å². The number of aliphatic hydroxyl groups excluding tert-OH is 1. The fourth-order valence-electron chi connectivity index (χ4n) is 2.66. The van der Waals surface area contributed by atoms with Crippen LogP contribution in [0.3, 0.4) is 0 Å². The lowest BCUT2D eigenvalue weighted by atomic mass is 9.99. The zero-order chi connectivity index (χ0) is 13.2. The van der Waals surface area contributed by atoms with Crippen molar-refractivity contribution in [3.63, 3.8) is 0 Å². The Morgan fingerprint density at radius 1 is 1.37 bits per heavy atom. The highest BCUT2D eigenvalue weighted by Gasteiger charge is 2.36. The molecule has 19 heavy (non-hydrogen) atoms. The maximum atomic E-state index is 12.6. The van der Waals surface area contributed by atoms with Gasteiger partial charge in [-0.15, -0.1) is 0 Å². The van der Waals surface area contributed by atoms with Crippen molar-refractivity contribution in [3.05, 3.63) is 29.8 Å². The van der Waals surface area contributed by atoms with Gasteiger partial charge < -0.3 is 19.5 Å². The van der Waals surface area contributed by atoms with Gasteiger partial charge in [0.15, 0.2) is 0 Å². The lowest BCUT2D eigenvalue weighted by molar-refractivity contribution is -0.143. The largest absolute Gasteiger partial charge is 0.492 e. The number of rotatable bonds is 2. The summed E-state index contributed by atoms with van der Waals surface area (Å²) < 4.78 is 10.9. The van der Waals surface area contributed by atoms with Crippen LogP contribution in [0.15, 0.2) is 24.3 Å². The fourth-order valence-corrected chi connectivity index (χ4v) is 2.66. The number of ether oxygens (including phenoxy) is 2. The van der Waals surface area contributed by atoms with Crippen LogP contribution in [0.4, 0.5) is 0 Å². The second-order valence-corrected chi connectivity index (χ2v) is 4.84. The number of fused-ring (bicyclic) bond motifs is 1. The van der Waals surface area contributed by atoms with Crippen LogP contribution in [-0.4, -0.2) is 54.9 Å². The molecule has 0 aliphatic carbocycles. The highest BCUT2D eigenvalue weighted by atomic mass is 16.5. The normalized spacial score (nSPS) is 25.8. The summed E-state index contributed by atoms with van der Waals surface area (Å²) in [7, 11) is 0. The Labute approximate surface area is 111 Å². The quantitative estimate of drug-likeness (QED) is 0.838. The first-order valence-electron chi connectivity index (χ1n) is 6.52. The number of nitrogens with zero attached hydrogens (tertiary/aromatic N) is 1. The highest BCUT2D eigenvalue weighted by Crippen LogP contribution is 2.35. The van der Waals surface area contributed by atoms with E-state index in [1.165, 1.54) is 0 Å². The van der Waals surface area contributed by atoms with Gasteiger partial charge in [-0.1, -0.05) is 18.2 Å². The Bertz CT molecular complexity index is 476. The Kier molecular flexibility index (Phi) is 3.40. The van der Waals surface area contributed by atoms with Crippen molar-refractivity contribution in [2.24, 2.45) is 0 Å². The summed E-state index contributed by atoms with van der Waals surface area (Å²) in [5, 5.41) is 9.34. The Morgan fingerprint density at radius 3 is 3.05 bits per heavy atom. The predicted molar refractivity (Wildman–Crippen MR) is 68.1 cm³/mol. The third-order valence-electron chi connectivity index (χ3n) is 3.72. The number of hydrogen-bond donors (Lipinski definition) is 1. The molecule has 0 radical (unpaired) electrons. The summed E-state index contributed by atoms with van der Waals surface area (Å²) in [6, 6.07) is 7.38. The molecular weight excluding hydrogens is 246 g/mol. The van der Waals surface area contributed by atoms with E-state index < -0.39 is 0 Å². The zero-order valence-electron chi connectivity index (χ0n) is 10.6. The number of morpholine rings is 1. The van der Waals surface area contributed by atoms with Crippen LogP contribution in [0.2, 0.25) is 0 Å². The summed E-state index contributed by atoms with van der Waals surface area (Å²) in [5.41, 5.74) is 0.940. The maximum Gasteiger partial charge on any atom is 0.234 e. The van der Waals surface area contributed by atoms with Crippen molar-refractivity contribution in [1.82, 2.24) is 4.90 Å².